The van der Waals surface area contributed by atoms with Gasteiger partial charge in [0, 0.05) is 12.6 Å². The van der Waals surface area contributed by atoms with Crippen molar-refractivity contribution in [1.29, 1.82) is 5.26 Å². The summed E-state index contributed by atoms with van der Waals surface area (Å²) in [6.45, 7) is 3.13. The van der Waals surface area contributed by atoms with Gasteiger partial charge in [-0.3, -0.25) is 9.36 Å². The number of carbonyl (C=O) groups excluding carboxylic acids is 1. The number of rotatable bonds is 2. The van der Waals surface area contributed by atoms with Crippen LogP contribution in [0.25, 0.3) is 11.1 Å². The van der Waals surface area contributed by atoms with Crippen LogP contribution in [0.4, 0.5) is 0 Å². The summed E-state index contributed by atoms with van der Waals surface area (Å²) < 4.78 is 6.30. The molecule has 92 valence electrons. The maximum absolute atomic E-state index is 12.1. The fraction of sp³-hybridized carbons (Fsp3) is 0.308. The third kappa shape index (κ3) is 1.72. The van der Waals surface area contributed by atoms with Gasteiger partial charge in [0.2, 0.25) is 0 Å². The Hall–Kier alpha value is -2.35. The first-order valence-electron chi connectivity index (χ1n) is 5.42. The smallest absolute Gasteiger partial charge is 0.408 e. The predicted octanol–water partition coefficient (Wildman–Crippen LogP) is 1.86. The van der Waals surface area contributed by atoms with Gasteiger partial charge in [-0.15, -0.1) is 0 Å². The fourth-order valence-electron chi connectivity index (χ4n) is 1.68. The molecule has 0 aliphatic carbocycles. The van der Waals surface area contributed by atoms with E-state index < -0.39 is 11.2 Å². The Kier molecular flexibility index (Phi) is 2.59. The van der Waals surface area contributed by atoms with E-state index in [0.29, 0.717) is 16.7 Å². The Labute approximate surface area is 103 Å². The van der Waals surface area contributed by atoms with Gasteiger partial charge in [-0.05, 0) is 32.0 Å². The first-order chi connectivity index (χ1) is 8.36. The number of nitrogens with zero attached hydrogens (tertiary/aromatic N) is 2. The molecule has 2 aromatic rings. The second kappa shape index (κ2) is 3.84. The minimum atomic E-state index is -1.09. The lowest BCUT2D eigenvalue weighted by molar-refractivity contribution is 0.0892. The summed E-state index contributed by atoms with van der Waals surface area (Å²) in [6.07, 6.45) is 0. The molecule has 0 N–H and O–H groups in total. The highest BCUT2D eigenvalue weighted by Crippen LogP contribution is 2.23. The highest BCUT2D eigenvalue weighted by Gasteiger charge is 2.28. The number of hydrogen-bond acceptors (Lipinski definition) is 4. The Morgan fingerprint density at radius 2 is 2.11 bits per heavy atom. The van der Waals surface area contributed by atoms with E-state index in [1.807, 2.05) is 6.07 Å². The lowest BCUT2D eigenvalue weighted by atomic mass is 9.86. The highest BCUT2D eigenvalue weighted by atomic mass is 16.4. The van der Waals surface area contributed by atoms with Gasteiger partial charge in [0.15, 0.2) is 11.4 Å². The van der Waals surface area contributed by atoms with Gasteiger partial charge in [-0.1, -0.05) is 0 Å². The molecule has 1 aromatic carbocycles. The van der Waals surface area contributed by atoms with E-state index in [4.69, 9.17) is 9.68 Å². The third-order valence-corrected chi connectivity index (χ3v) is 2.90. The summed E-state index contributed by atoms with van der Waals surface area (Å²) in [5.41, 5.74) is 0.273. The van der Waals surface area contributed by atoms with Crippen molar-refractivity contribution in [2.75, 3.05) is 0 Å². The van der Waals surface area contributed by atoms with Crippen LogP contribution in [0, 0.1) is 16.7 Å². The number of nitriles is 1. The lowest BCUT2D eigenvalue weighted by Crippen LogP contribution is -2.22. The molecular formula is C13H12N2O3. The van der Waals surface area contributed by atoms with E-state index in [-0.39, 0.29) is 5.78 Å². The molecular weight excluding hydrogens is 232 g/mol. The summed E-state index contributed by atoms with van der Waals surface area (Å²) in [6, 6.07) is 6.67. The molecule has 0 aliphatic rings. The summed E-state index contributed by atoms with van der Waals surface area (Å²) in [5, 5.41) is 8.95. The van der Waals surface area contributed by atoms with Crippen LogP contribution >= 0.6 is 0 Å². The average Bonchev–Trinajstić information content (AvgIpc) is 2.64. The van der Waals surface area contributed by atoms with E-state index in [0.717, 1.165) is 0 Å². The minimum absolute atomic E-state index is 0.277. The van der Waals surface area contributed by atoms with Gasteiger partial charge in [0.25, 0.3) is 0 Å². The second-order valence-electron chi connectivity index (χ2n) is 4.68. The first kappa shape index (κ1) is 12.1. The van der Waals surface area contributed by atoms with Crippen molar-refractivity contribution in [1.82, 2.24) is 4.57 Å². The number of aryl methyl sites for hydroxylation is 1. The van der Waals surface area contributed by atoms with Gasteiger partial charge in [-0.25, -0.2) is 4.79 Å². The van der Waals surface area contributed by atoms with Gasteiger partial charge in [0.1, 0.15) is 5.41 Å². The molecule has 0 fully saturated rings. The van der Waals surface area contributed by atoms with E-state index in [2.05, 4.69) is 0 Å². The Bertz CT molecular complexity index is 729. The zero-order valence-corrected chi connectivity index (χ0v) is 10.4. The van der Waals surface area contributed by atoms with Crippen molar-refractivity contribution in [2.24, 2.45) is 12.5 Å². The molecule has 0 atom stereocenters. The predicted molar refractivity (Wildman–Crippen MR) is 65.2 cm³/mol. The number of fused-ring (bicyclic) bond motifs is 1. The topological polar surface area (TPSA) is 76.0 Å². The number of benzene rings is 1. The molecule has 1 heterocycles. The summed E-state index contributed by atoms with van der Waals surface area (Å²) in [4.78, 5) is 23.5. The Balaban J connectivity index is 2.62. The van der Waals surface area contributed by atoms with E-state index in [9.17, 15) is 9.59 Å². The SMILES string of the molecule is Cn1c(=O)oc2ccc(C(=O)C(C)(C)C#N)cc21. The molecule has 0 bridgehead atoms. The van der Waals surface area contributed by atoms with Gasteiger partial charge in [0.05, 0.1) is 11.6 Å². The van der Waals surface area contributed by atoms with Gasteiger partial charge in [-0.2, -0.15) is 5.26 Å². The van der Waals surface area contributed by atoms with E-state index in [1.54, 1.807) is 39.1 Å². The molecule has 5 nitrogen and oxygen atoms in total. The molecule has 0 amide bonds. The number of oxazole rings is 1. The number of Topliss-reactive ketones (excluding diaryl/α,β-unsaturated/α-hetero) is 1. The fourth-order valence-corrected chi connectivity index (χ4v) is 1.68. The normalized spacial score (nSPS) is 11.4. The van der Waals surface area contributed by atoms with Crippen molar-refractivity contribution in [3.05, 3.63) is 34.3 Å². The maximum Gasteiger partial charge on any atom is 0.419 e. The molecule has 0 saturated carbocycles. The molecule has 0 radical (unpaired) electrons. The monoisotopic (exact) mass is 244 g/mol. The molecule has 18 heavy (non-hydrogen) atoms. The molecule has 2 rings (SSSR count). The van der Waals surface area contributed by atoms with Crippen molar-refractivity contribution in [3.63, 3.8) is 0 Å². The van der Waals surface area contributed by atoms with Crippen LogP contribution in [0.2, 0.25) is 0 Å². The number of hydrogen-bond donors (Lipinski definition) is 0. The van der Waals surface area contributed by atoms with Crippen molar-refractivity contribution in [3.8, 4) is 6.07 Å². The molecule has 5 heteroatoms. The number of aromatic nitrogens is 1. The Morgan fingerprint density at radius 1 is 1.44 bits per heavy atom. The average molecular weight is 244 g/mol. The summed E-state index contributed by atoms with van der Waals surface area (Å²) >= 11 is 0. The molecule has 0 saturated heterocycles. The minimum Gasteiger partial charge on any atom is -0.408 e. The second-order valence-corrected chi connectivity index (χ2v) is 4.68. The zero-order valence-electron chi connectivity index (χ0n) is 10.4. The van der Waals surface area contributed by atoms with Crippen LogP contribution < -0.4 is 5.76 Å². The van der Waals surface area contributed by atoms with E-state index >= 15 is 0 Å². The number of ketones is 1. The van der Waals surface area contributed by atoms with Crippen LogP contribution in [0.3, 0.4) is 0 Å². The van der Waals surface area contributed by atoms with Crippen molar-refractivity contribution < 1.29 is 9.21 Å². The van der Waals surface area contributed by atoms with Crippen LogP contribution in [0.15, 0.2) is 27.4 Å². The summed E-state index contributed by atoms with van der Waals surface area (Å²) in [5.74, 6) is -0.755. The van der Waals surface area contributed by atoms with E-state index in [1.165, 1.54) is 4.57 Å². The van der Waals surface area contributed by atoms with Crippen molar-refractivity contribution >= 4 is 16.9 Å². The van der Waals surface area contributed by atoms with Crippen LogP contribution in [0.5, 0.6) is 0 Å². The van der Waals surface area contributed by atoms with Gasteiger partial charge >= 0.3 is 5.76 Å². The highest BCUT2D eigenvalue weighted by molar-refractivity contribution is 6.03. The quantitative estimate of drug-likeness (QED) is 0.755. The van der Waals surface area contributed by atoms with Crippen molar-refractivity contribution in [2.45, 2.75) is 13.8 Å². The maximum atomic E-state index is 12.1. The Morgan fingerprint density at radius 3 is 2.72 bits per heavy atom. The standard InChI is InChI=1S/C13H12N2O3/c1-13(2,7-14)11(16)8-4-5-10-9(6-8)15(3)12(17)18-10/h4-6H,1-3H3. The van der Waals surface area contributed by atoms with Crippen LogP contribution in [0.1, 0.15) is 24.2 Å². The van der Waals surface area contributed by atoms with Gasteiger partial charge < -0.3 is 4.42 Å². The molecule has 0 unspecified atom stereocenters. The molecule has 0 aliphatic heterocycles. The van der Waals surface area contributed by atoms with Crippen LogP contribution in [-0.2, 0) is 7.05 Å². The number of carbonyl (C=O) groups is 1. The van der Waals surface area contributed by atoms with Crippen LogP contribution in [-0.4, -0.2) is 10.4 Å². The molecule has 1 aromatic heterocycles. The largest absolute Gasteiger partial charge is 0.419 e. The first-order valence-corrected chi connectivity index (χ1v) is 5.42. The zero-order chi connectivity index (χ0) is 13.5. The third-order valence-electron chi connectivity index (χ3n) is 2.90. The molecule has 0 spiro atoms. The lowest BCUT2D eigenvalue weighted by Gasteiger charge is -2.13. The summed E-state index contributed by atoms with van der Waals surface area (Å²) in [7, 11) is 1.57.